The number of quaternary nitrogens is 1. The second-order valence-corrected chi connectivity index (χ2v) is 9.05. The number of carbonyl (C=O) groups excluding carboxylic acids is 2. The number of carbonyl (C=O) groups is 2. The molecule has 8 heteroatoms. The maximum absolute atomic E-state index is 13.5. The molecule has 2 aliphatic heterocycles. The summed E-state index contributed by atoms with van der Waals surface area (Å²) in [5, 5.41) is 14.0. The van der Waals surface area contributed by atoms with Gasteiger partial charge in [0.15, 0.2) is 0 Å². The van der Waals surface area contributed by atoms with E-state index in [1.54, 1.807) is 54.6 Å². The summed E-state index contributed by atoms with van der Waals surface area (Å²) in [6.07, 6.45) is 2.35. The average Bonchev–Trinajstić information content (AvgIpc) is 3.13. The normalized spacial score (nSPS) is 20.3. The highest BCUT2D eigenvalue weighted by Gasteiger charge is 2.44. The Kier molecular flexibility index (Phi) is 8.23. The third kappa shape index (κ3) is 5.75. The van der Waals surface area contributed by atoms with Crippen LogP contribution in [0.3, 0.4) is 0 Å². The molecule has 2 heterocycles. The number of halogens is 1. The van der Waals surface area contributed by atoms with Crippen LogP contribution >= 0.6 is 11.6 Å². The molecule has 2 saturated heterocycles. The molecule has 0 saturated carbocycles. The summed E-state index contributed by atoms with van der Waals surface area (Å²) in [7, 11) is 0. The average molecular weight is 497 g/mol. The molecule has 1 atom stereocenters. The summed E-state index contributed by atoms with van der Waals surface area (Å²) in [5.41, 5.74) is 0.975. The van der Waals surface area contributed by atoms with E-state index in [1.165, 1.54) is 9.80 Å². The first kappa shape index (κ1) is 25.0. The third-order valence-corrected chi connectivity index (χ3v) is 6.58. The van der Waals surface area contributed by atoms with Crippen molar-refractivity contribution in [3.63, 3.8) is 0 Å². The minimum atomic E-state index is -0.754. The molecule has 0 aromatic heterocycles. The van der Waals surface area contributed by atoms with Gasteiger partial charge in [-0.3, -0.25) is 9.59 Å². The lowest BCUT2D eigenvalue weighted by Crippen LogP contribution is -3.14. The van der Waals surface area contributed by atoms with E-state index in [-0.39, 0.29) is 5.57 Å². The van der Waals surface area contributed by atoms with Gasteiger partial charge in [0, 0.05) is 23.6 Å². The molecule has 2 aromatic carbocycles. The van der Waals surface area contributed by atoms with E-state index in [1.807, 2.05) is 0 Å². The number of benzene rings is 2. The van der Waals surface area contributed by atoms with Gasteiger partial charge >= 0.3 is 0 Å². The van der Waals surface area contributed by atoms with Crippen molar-refractivity contribution in [3.05, 3.63) is 82.9 Å². The van der Waals surface area contributed by atoms with Crippen molar-refractivity contribution >= 4 is 29.1 Å². The van der Waals surface area contributed by atoms with Crippen LogP contribution in [0.15, 0.2) is 66.8 Å². The molecule has 184 valence electrons. The molecular formula is C27H29ClN2O5. The zero-order chi connectivity index (χ0) is 24.8. The first-order valence-corrected chi connectivity index (χ1v) is 12.1. The minimum Gasteiger partial charge on any atom is -0.872 e. The van der Waals surface area contributed by atoms with E-state index in [0.717, 1.165) is 39.3 Å². The maximum Gasteiger partial charge on any atom is 0.295 e. The second-order valence-electron chi connectivity index (χ2n) is 8.61. The van der Waals surface area contributed by atoms with Crippen LogP contribution in [0, 0.1) is 0 Å². The number of ether oxygens (including phenoxy) is 2. The SMILES string of the molecule is C=CCOc1ccc(C([O-])=C2C(=O)C(=O)N(CCC[NH+]3CCOCC3)C2c2ccc(Cl)cc2)cc1. The number of hydrogen-bond donors (Lipinski definition) is 1. The minimum absolute atomic E-state index is 0.0317. The molecular weight excluding hydrogens is 468 g/mol. The van der Waals surface area contributed by atoms with E-state index in [9.17, 15) is 14.7 Å². The van der Waals surface area contributed by atoms with Gasteiger partial charge in [-0.1, -0.05) is 54.3 Å². The molecule has 0 radical (unpaired) electrons. The van der Waals surface area contributed by atoms with Crippen molar-refractivity contribution in [1.82, 2.24) is 4.90 Å². The molecule has 0 spiro atoms. The quantitative estimate of drug-likeness (QED) is 0.246. The Balaban J connectivity index is 1.63. The van der Waals surface area contributed by atoms with E-state index >= 15 is 0 Å². The van der Waals surface area contributed by atoms with Crippen LogP contribution in [0.2, 0.25) is 5.02 Å². The molecule has 2 aromatic rings. The maximum atomic E-state index is 13.5. The van der Waals surface area contributed by atoms with Crippen LogP contribution in [-0.2, 0) is 14.3 Å². The van der Waals surface area contributed by atoms with Gasteiger partial charge in [0.05, 0.1) is 25.8 Å². The van der Waals surface area contributed by atoms with Crippen LogP contribution in [0.25, 0.3) is 5.76 Å². The Morgan fingerprint density at radius 2 is 1.83 bits per heavy atom. The predicted octanol–water partition coefficient (Wildman–Crippen LogP) is 1.43. The van der Waals surface area contributed by atoms with E-state index in [0.29, 0.717) is 35.1 Å². The number of nitrogens with one attached hydrogen (secondary N) is 1. The lowest BCUT2D eigenvalue weighted by Gasteiger charge is -2.29. The fraction of sp³-hybridized carbons (Fsp3) is 0.333. The largest absolute Gasteiger partial charge is 0.872 e. The molecule has 0 aliphatic carbocycles. The van der Waals surface area contributed by atoms with E-state index < -0.39 is 23.5 Å². The van der Waals surface area contributed by atoms with Crippen molar-refractivity contribution in [2.24, 2.45) is 0 Å². The van der Waals surface area contributed by atoms with Gasteiger partial charge in [-0.05, 0) is 35.4 Å². The third-order valence-electron chi connectivity index (χ3n) is 6.33. The molecule has 1 unspecified atom stereocenters. The number of nitrogens with zero attached hydrogens (tertiary/aromatic N) is 1. The number of rotatable bonds is 9. The monoisotopic (exact) mass is 496 g/mol. The summed E-state index contributed by atoms with van der Waals surface area (Å²) in [6.45, 7) is 8.52. The highest BCUT2D eigenvalue weighted by molar-refractivity contribution is 6.46. The molecule has 1 N–H and O–H groups in total. The summed E-state index contributed by atoms with van der Waals surface area (Å²) in [6, 6.07) is 12.7. The van der Waals surface area contributed by atoms with Gasteiger partial charge in [-0.25, -0.2) is 0 Å². The Morgan fingerprint density at radius 3 is 2.49 bits per heavy atom. The van der Waals surface area contributed by atoms with Crippen molar-refractivity contribution in [2.75, 3.05) is 46.0 Å². The second kappa shape index (κ2) is 11.5. The van der Waals surface area contributed by atoms with Gasteiger partial charge in [-0.15, -0.1) is 0 Å². The topological polar surface area (TPSA) is 83.3 Å². The van der Waals surface area contributed by atoms with Crippen LogP contribution in [-0.4, -0.2) is 62.6 Å². The number of amides is 1. The molecule has 2 aliphatic rings. The zero-order valence-electron chi connectivity index (χ0n) is 19.5. The van der Waals surface area contributed by atoms with Crippen molar-refractivity contribution in [2.45, 2.75) is 12.5 Å². The smallest absolute Gasteiger partial charge is 0.295 e. The summed E-state index contributed by atoms with van der Waals surface area (Å²) >= 11 is 6.08. The summed E-state index contributed by atoms with van der Waals surface area (Å²) in [4.78, 5) is 29.1. The highest BCUT2D eigenvalue weighted by atomic mass is 35.5. The first-order valence-electron chi connectivity index (χ1n) is 11.8. The van der Waals surface area contributed by atoms with Crippen molar-refractivity contribution < 1.29 is 29.1 Å². The molecule has 1 amide bonds. The van der Waals surface area contributed by atoms with Gasteiger partial charge in [0.25, 0.3) is 5.91 Å². The standard InChI is InChI=1S/C27H29ClN2O5/c1-2-16-35-22-10-6-20(7-11-22)25(31)23-24(19-4-8-21(28)9-5-19)30(27(33)26(23)32)13-3-12-29-14-17-34-18-15-29/h2,4-11,24,31H,1,3,12-18H2. The zero-order valence-corrected chi connectivity index (χ0v) is 20.3. The molecule has 35 heavy (non-hydrogen) atoms. The van der Waals surface area contributed by atoms with Gasteiger partial charge in [-0.2, -0.15) is 0 Å². The molecule has 4 rings (SSSR count). The van der Waals surface area contributed by atoms with Crippen LogP contribution in [0.5, 0.6) is 5.75 Å². The number of morpholine rings is 1. The Morgan fingerprint density at radius 1 is 1.14 bits per heavy atom. The first-order chi connectivity index (χ1) is 17.0. The Hall–Kier alpha value is -3.13. The van der Waals surface area contributed by atoms with E-state index in [4.69, 9.17) is 21.1 Å². The Labute approximate surface area is 210 Å². The highest BCUT2D eigenvalue weighted by Crippen LogP contribution is 2.39. The van der Waals surface area contributed by atoms with Gasteiger partial charge in [0.2, 0.25) is 5.78 Å². The summed E-state index contributed by atoms with van der Waals surface area (Å²) in [5.74, 6) is -1.27. The predicted molar refractivity (Wildman–Crippen MR) is 131 cm³/mol. The van der Waals surface area contributed by atoms with E-state index in [2.05, 4.69) is 6.58 Å². The molecule has 2 fully saturated rings. The van der Waals surface area contributed by atoms with Crippen molar-refractivity contribution in [1.29, 1.82) is 0 Å². The number of likely N-dealkylation sites (tertiary alicyclic amines) is 1. The fourth-order valence-corrected chi connectivity index (χ4v) is 4.64. The number of ketones is 1. The van der Waals surface area contributed by atoms with Crippen LogP contribution in [0.1, 0.15) is 23.6 Å². The fourth-order valence-electron chi connectivity index (χ4n) is 4.52. The lowest BCUT2D eigenvalue weighted by atomic mass is 9.95. The number of hydrogen-bond acceptors (Lipinski definition) is 5. The summed E-state index contributed by atoms with van der Waals surface area (Å²) < 4.78 is 10.9. The lowest BCUT2D eigenvalue weighted by molar-refractivity contribution is -0.908. The molecule has 7 nitrogen and oxygen atoms in total. The van der Waals surface area contributed by atoms with Crippen LogP contribution < -0.4 is 14.7 Å². The van der Waals surface area contributed by atoms with Crippen molar-refractivity contribution in [3.8, 4) is 5.75 Å². The van der Waals surface area contributed by atoms with Gasteiger partial charge < -0.3 is 24.4 Å². The molecule has 0 bridgehead atoms. The van der Waals surface area contributed by atoms with Gasteiger partial charge in [0.1, 0.15) is 25.4 Å². The number of Topliss-reactive ketones (excluding diaryl/α,β-unsaturated/α-hetero) is 1. The van der Waals surface area contributed by atoms with Crippen LogP contribution in [0.4, 0.5) is 0 Å². The Bertz CT molecular complexity index is 1090.